The molecule has 4 rings (SSSR count). The van der Waals surface area contributed by atoms with E-state index in [9.17, 15) is 14.4 Å². The number of hydrogen-bond acceptors (Lipinski definition) is 5. The quantitative estimate of drug-likeness (QED) is 0.753. The highest BCUT2D eigenvalue weighted by atomic mass is 16.2. The SMILES string of the molecule is Cc1nn(C)c2nc(C(C)C)cc(C(=O)NN3C(=O)NC4(CCC(C)CC4)C3=O)c12. The molecule has 3 heterocycles. The smallest absolute Gasteiger partial charge is 0.322 e. The number of aromatic nitrogens is 3. The number of amides is 4. The molecule has 4 amide bonds. The Labute approximate surface area is 175 Å². The van der Waals surface area contributed by atoms with Gasteiger partial charge in [-0.15, -0.1) is 0 Å². The van der Waals surface area contributed by atoms with Crippen molar-refractivity contribution in [1.82, 2.24) is 30.5 Å². The van der Waals surface area contributed by atoms with Gasteiger partial charge in [0.05, 0.1) is 16.6 Å². The van der Waals surface area contributed by atoms with Crippen LogP contribution >= 0.6 is 0 Å². The molecule has 0 bridgehead atoms. The van der Waals surface area contributed by atoms with Gasteiger partial charge in [0, 0.05) is 12.7 Å². The lowest BCUT2D eigenvalue weighted by molar-refractivity contribution is -0.134. The molecule has 0 radical (unpaired) electrons. The predicted molar refractivity (Wildman–Crippen MR) is 111 cm³/mol. The fraction of sp³-hybridized carbons (Fsp3) is 0.571. The maximum Gasteiger partial charge on any atom is 0.344 e. The van der Waals surface area contributed by atoms with Gasteiger partial charge in [-0.2, -0.15) is 10.1 Å². The van der Waals surface area contributed by atoms with Crippen LogP contribution < -0.4 is 10.7 Å². The fourth-order valence-corrected chi connectivity index (χ4v) is 4.42. The Balaban J connectivity index is 1.67. The highest BCUT2D eigenvalue weighted by Gasteiger charge is 2.53. The molecule has 1 aliphatic heterocycles. The number of carbonyl (C=O) groups excluding carboxylic acids is 3. The molecule has 30 heavy (non-hydrogen) atoms. The van der Waals surface area contributed by atoms with E-state index in [2.05, 4.69) is 27.7 Å². The molecule has 0 atom stereocenters. The first-order chi connectivity index (χ1) is 14.1. The van der Waals surface area contributed by atoms with Crippen LogP contribution in [0.5, 0.6) is 0 Å². The van der Waals surface area contributed by atoms with E-state index in [0.717, 1.165) is 23.5 Å². The minimum Gasteiger partial charge on any atom is -0.322 e. The van der Waals surface area contributed by atoms with Crippen LogP contribution in [0, 0.1) is 12.8 Å². The Bertz CT molecular complexity index is 1050. The van der Waals surface area contributed by atoms with Gasteiger partial charge in [-0.1, -0.05) is 20.8 Å². The van der Waals surface area contributed by atoms with E-state index in [0.29, 0.717) is 41.1 Å². The molecule has 9 heteroatoms. The lowest BCUT2D eigenvalue weighted by Gasteiger charge is -2.33. The van der Waals surface area contributed by atoms with Crippen LogP contribution in [0.15, 0.2) is 6.07 Å². The molecule has 2 aromatic heterocycles. The van der Waals surface area contributed by atoms with Gasteiger partial charge in [-0.25, -0.2) is 9.78 Å². The number of nitrogens with zero attached hydrogens (tertiary/aromatic N) is 4. The molecular formula is C21H28N6O3. The highest BCUT2D eigenvalue weighted by Crippen LogP contribution is 2.36. The summed E-state index contributed by atoms with van der Waals surface area (Å²) in [6.45, 7) is 7.93. The van der Waals surface area contributed by atoms with E-state index in [-0.39, 0.29) is 11.8 Å². The molecule has 1 saturated heterocycles. The number of carbonyl (C=O) groups is 3. The van der Waals surface area contributed by atoms with Crippen molar-refractivity contribution in [3.05, 3.63) is 23.0 Å². The van der Waals surface area contributed by atoms with Gasteiger partial charge in [0.15, 0.2) is 5.65 Å². The Morgan fingerprint density at radius 3 is 2.60 bits per heavy atom. The number of fused-ring (bicyclic) bond motifs is 1. The Hall–Kier alpha value is -2.97. The molecule has 1 saturated carbocycles. The number of urea groups is 1. The van der Waals surface area contributed by atoms with Crippen molar-refractivity contribution in [3.8, 4) is 0 Å². The number of hydrogen-bond donors (Lipinski definition) is 2. The van der Waals surface area contributed by atoms with E-state index in [4.69, 9.17) is 0 Å². The first-order valence-electron chi connectivity index (χ1n) is 10.4. The zero-order valence-electron chi connectivity index (χ0n) is 18.1. The normalized spacial score (nSPS) is 24.2. The molecule has 1 spiro atoms. The molecule has 2 N–H and O–H groups in total. The maximum absolute atomic E-state index is 13.2. The van der Waals surface area contributed by atoms with Crippen LogP contribution in [0.1, 0.15) is 74.1 Å². The molecule has 0 aromatic carbocycles. The Morgan fingerprint density at radius 1 is 1.30 bits per heavy atom. The molecular weight excluding hydrogens is 384 g/mol. The molecule has 2 fully saturated rings. The van der Waals surface area contributed by atoms with Crippen LogP contribution in [0.25, 0.3) is 11.0 Å². The third-order valence-corrected chi connectivity index (χ3v) is 6.33. The van der Waals surface area contributed by atoms with Crippen molar-refractivity contribution < 1.29 is 14.4 Å². The van der Waals surface area contributed by atoms with Crippen LogP contribution in [0.3, 0.4) is 0 Å². The van der Waals surface area contributed by atoms with Crippen LogP contribution in [0.4, 0.5) is 4.79 Å². The lowest BCUT2D eigenvalue weighted by Crippen LogP contribution is -2.51. The van der Waals surface area contributed by atoms with Crippen LogP contribution in [0.2, 0.25) is 0 Å². The van der Waals surface area contributed by atoms with Crippen LogP contribution in [-0.2, 0) is 11.8 Å². The van der Waals surface area contributed by atoms with Gasteiger partial charge in [-0.3, -0.25) is 19.7 Å². The van der Waals surface area contributed by atoms with Crippen molar-refractivity contribution in [2.24, 2.45) is 13.0 Å². The van der Waals surface area contributed by atoms with Crippen molar-refractivity contribution in [2.75, 3.05) is 0 Å². The summed E-state index contributed by atoms with van der Waals surface area (Å²) in [6, 6.07) is 1.13. The predicted octanol–water partition coefficient (Wildman–Crippen LogP) is 2.55. The second-order valence-electron chi connectivity index (χ2n) is 8.93. The van der Waals surface area contributed by atoms with Crippen molar-refractivity contribution in [2.45, 2.75) is 64.8 Å². The summed E-state index contributed by atoms with van der Waals surface area (Å²) in [5, 5.41) is 8.66. The third-order valence-electron chi connectivity index (χ3n) is 6.33. The number of hydrazine groups is 1. The summed E-state index contributed by atoms with van der Waals surface area (Å²) in [6.07, 6.45) is 2.91. The third kappa shape index (κ3) is 3.12. The van der Waals surface area contributed by atoms with Gasteiger partial charge >= 0.3 is 6.03 Å². The van der Waals surface area contributed by atoms with Crippen LogP contribution in [-0.4, -0.2) is 43.2 Å². The topological polar surface area (TPSA) is 109 Å². The molecule has 1 aliphatic carbocycles. The summed E-state index contributed by atoms with van der Waals surface area (Å²) in [7, 11) is 1.78. The average molecular weight is 412 g/mol. The summed E-state index contributed by atoms with van der Waals surface area (Å²) in [5.74, 6) is -0.285. The van der Waals surface area contributed by atoms with E-state index >= 15 is 0 Å². The van der Waals surface area contributed by atoms with Crippen molar-refractivity contribution in [3.63, 3.8) is 0 Å². The number of nitrogens with one attached hydrogen (secondary N) is 2. The second-order valence-corrected chi connectivity index (χ2v) is 8.93. The van der Waals surface area contributed by atoms with Gasteiger partial charge in [0.1, 0.15) is 5.54 Å². The summed E-state index contributed by atoms with van der Waals surface area (Å²) in [4.78, 5) is 43.5. The molecule has 160 valence electrons. The standard InChI is InChI=1S/C21H28N6O3/c1-11(2)15-10-14(16-13(4)24-26(5)17(16)22-15)18(28)25-27-19(29)21(23-20(27)30)8-6-12(3)7-9-21/h10-12H,6-9H2,1-5H3,(H,23,30)(H,25,28). The molecule has 0 unspecified atom stereocenters. The van der Waals surface area contributed by atoms with Gasteiger partial charge in [0.25, 0.3) is 11.8 Å². The van der Waals surface area contributed by atoms with E-state index in [1.54, 1.807) is 17.8 Å². The monoisotopic (exact) mass is 412 g/mol. The number of rotatable bonds is 3. The Morgan fingerprint density at radius 2 is 1.97 bits per heavy atom. The van der Waals surface area contributed by atoms with E-state index in [1.807, 2.05) is 20.8 Å². The molecule has 2 aromatic rings. The number of imide groups is 1. The van der Waals surface area contributed by atoms with Crippen molar-refractivity contribution >= 4 is 28.9 Å². The largest absolute Gasteiger partial charge is 0.344 e. The number of aryl methyl sites for hydroxylation is 2. The average Bonchev–Trinajstić information content (AvgIpc) is 3.11. The summed E-state index contributed by atoms with van der Waals surface area (Å²) in [5.41, 5.74) is 3.99. The minimum atomic E-state index is -0.905. The Kier molecular flexibility index (Phi) is 4.79. The zero-order valence-corrected chi connectivity index (χ0v) is 18.1. The van der Waals surface area contributed by atoms with Gasteiger partial charge in [-0.05, 0) is 50.5 Å². The summed E-state index contributed by atoms with van der Waals surface area (Å²) < 4.78 is 1.64. The van der Waals surface area contributed by atoms with Crippen molar-refractivity contribution in [1.29, 1.82) is 0 Å². The summed E-state index contributed by atoms with van der Waals surface area (Å²) >= 11 is 0. The molecule has 2 aliphatic rings. The lowest BCUT2D eigenvalue weighted by atomic mass is 9.77. The molecule has 9 nitrogen and oxygen atoms in total. The fourth-order valence-electron chi connectivity index (χ4n) is 4.42. The van der Waals surface area contributed by atoms with E-state index in [1.165, 1.54) is 0 Å². The first-order valence-corrected chi connectivity index (χ1v) is 10.4. The van der Waals surface area contributed by atoms with E-state index < -0.39 is 17.5 Å². The van der Waals surface area contributed by atoms with Gasteiger partial charge < -0.3 is 5.32 Å². The minimum absolute atomic E-state index is 0.0976. The second kappa shape index (κ2) is 7.07. The maximum atomic E-state index is 13.2. The number of pyridine rings is 1. The zero-order chi connectivity index (χ0) is 21.8. The first kappa shape index (κ1) is 20.3. The van der Waals surface area contributed by atoms with Gasteiger partial charge in [0.2, 0.25) is 0 Å². The highest BCUT2D eigenvalue weighted by molar-refractivity contribution is 6.12.